The van der Waals surface area contributed by atoms with Gasteiger partial charge in [0.25, 0.3) is 5.91 Å². The molecule has 0 spiro atoms. The van der Waals surface area contributed by atoms with Crippen LogP contribution in [0.2, 0.25) is 0 Å². The topological polar surface area (TPSA) is 58.6 Å². The van der Waals surface area contributed by atoms with E-state index in [-0.39, 0.29) is 17.9 Å². The summed E-state index contributed by atoms with van der Waals surface area (Å²) in [4.78, 5) is 28.1. The SMILES string of the molecule is CCOc1ccc(C(=O)N2CCC(NC(=O)CCSc3ccc(C)c(C)c3)CC2)cc1. The van der Waals surface area contributed by atoms with Crippen LogP contribution in [0.5, 0.6) is 5.75 Å². The molecule has 0 radical (unpaired) electrons. The predicted molar refractivity (Wildman–Crippen MR) is 126 cm³/mol. The Labute approximate surface area is 189 Å². The molecule has 2 aromatic carbocycles. The van der Waals surface area contributed by atoms with Gasteiger partial charge in [0, 0.05) is 41.8 Å². The van der Waals surface area contributed by atoms with Crippen molar-refractivity contribution in [3.8, 4) is 5.75 Å². The first-order valence-electron chi connectivity index (χ1n) is 11.0. The molecular weight excluding hydrogens is 408 g/mol. The summed E-state index contributed by atoms with van der Waals surface area (Å²) in [5.74, 6) is 1.67. The van der Waals surface area contributed by atoms with Crippen molar-refractivity contribution in [2.75, 3.05) is 25.4 Å². The first-order valence-corrected chi connectivity index (χ1v) is 12.0. The van der Waals surface area contributed by atoms with Gasteiger partial charge in [-0.05, 0) is 81.1 Å². The Morgan fingerprint density at radius 3 is 2.42 bits per heavy atom. The molecule has 0 aliphatic carbocycles. The third-order valence-electron chi connectivity index (χ3n) is 5.64. The Morgan fingerprint density at radius 1 is 1.06 bits per heavy atom. The quantitative estimate of drug-likeness (QED) is 0.609. The van der Waals surface area contributed by atoms with Crippen LogP contribution in [-0.2, 0) is 4.79 Å². The summed E-state index contributed by atoms with van der Waals surface area (Å²) in [6, 6.07) is 13.8. The van der Waals surface area contributed by atoms with Crippen LogP contribution in [0.1, 0.15) is 47.7 Å². The molecule has 0 bridgehead atoms. The Hall–Kier alpha value is -2.47. The number of piperidine rings is 1. The monoisotopic (exact) mass is 440 g/mol. The average Bonchev–Trinajstić information content (AvgIpc) is 2.77. The summed E-state index contributed by atoms with van der Waals surface area (Å²) < 4.78 is 5.43. The Morgan fingerprint density at radius 2 is 1.77 bits per heavy atom. The van der Waals surface area contributed by atoms with Crippen molar-refractivity contribution >= 4 is 23.6 Å². The summed E-state index contributed by atoms with van der Waals surface area (Å²) in [5.41, 5.74) is 3.24. The third kappa shape index (κ3) is 6.76. The van der Waals surface area contributed by atoms with Crippen molar-refractivity contribution in [2.45, 2.75) is 51.0 Å². The molecule has 0 aromatic heterocycles. The zero-order valence-electron chi connectivity index (χ0n) is 18.6. The number of rotatable bonds is 8. The molecule has 31 heavy (non-hydrogen) atoms. The lowest BCUT2D eigenvalue weighted by atomic mass is 10.0. The van der Waals surface area contributed by atoms with E-state index in [1.165, 1.54) is 16.0 Å². The van der Waals surface area contributed by atoms with Crippen LogP contribution in [0.15, 0.2) is 47.4 Å². The Bertz CT molecular complexity index is 890. The highest BCUT2D eigenvalue weighted by Gasteiger charge is 2.24. The summed E-state index contributed by atoms with van der Waals surface area (Å²) in [7, 11) is 0. The third-order valence-corrected chi connectivity index (χ3v) is 6.63. The zero-order chi connectivity index (χ0) is 22.2. The zero-order valence-corrected chi connectivity index (χ0v) is 19.5. The molecule has 1 aliphatic rings. The molecule has 1 heterocycles. The maximum Gasteiger partial charge on any atom is 0.253 e. The maximum absolute atomic E-state index is 12.7. The van der Waals surface area contributed by atoms with E-state index in [9.17, 15) is 9.59 Å². The van der Waals surface area contributed by atoms with Gasteiger partial charge in [0.2, 0.25) is 5.91 Å². The molecule has 2 amide bonds. The lowest BCUT2D eigenvalue weighted by Crippen LogP contribution is -2.46. The van der Waals surface area contributed by atoms with E-state index >= 15 is 0 Å². The van der Waals surface area contributed by atoms with E-state index in [4.69, 9.17) is 4.74 Å². The van der Waals surface area contributed by atoms with E-state index in [2.05, 4.69) is 37.4 Å². The Balaban J connectivity index is 1.38. The minimum atomic E-state index is 0.0395. The van der Waals surface area contributed by atoms with Gasteiger partial charge in [0.15, 0.2) is 0 Å². The number of ether oxygens (including phenoxy) is 1. The summed E-state index contributed by atoms with van der Waals surface area (Å²) in [6.45, 7) is 8.08. The van der Waals surface area contributed by atoms with Crippen LogP contribution in [0.25, 0.3) is 0 Å². The van der Waals surface area contributed by atoms with Gasteiger partial charge in [-0.2, -0.15) is 0 Å². The molecule has 1 N–H and O–H groups in total. The van der Waals surface area contributed by atoms with E-state index in [1.807, 2.05) is 36.1 Å². The second-order valence-corrected chi connectivity index (χ2v) is 9.10. The van der Waals surface area contributed by atoms with Crippen LogP contribution in [0, 0.1) is 13.8 Å². The van der Waals surface area contributed by atoms with Crippen molar-refractivity contribution in [2.24, 2.45) is 0 Å². The van der Waals surface area contributed by atoms with E-state index in [0.29, 0.717) is 31.7 Å². The van der Waals surface area contributed by atoms with Crippen molar-refractivity contribution in [1.82, 2.24) is 10.2 Å². The van der Waals surface area contributed by atoms with Crippen molar-refractivity contribution < 1.29 is 14.3 Å². The van der Waals surface area contributed by atoms with E-state index in [0.717, 1.165) is 24.3 Å². The molecule has 2 aromatic rings. The van der Waals surface area contributed by atoms with Gasteiger partial charge in [-0.15, -0.1) is 11.8 Å². The minimum Gasteiger partial charge on any atom is -0.494 e. The van der Waals surface area contributed by atoms with Crippen LogP contribution in [0.4, 0.5) is 0 Å². The number of likely N-dealkylation sites (tertiary alicyclic amines) is 1. The molecule has 3 rings (SSSR count). The molecular formula is C25H32N2O3S. The van der Waals surface area contributed by atoms with Crippen molar-refractivity contribution in [3.63, 3.8) is 0 Å². The normalized spacial score (nSPS) is 14.4. The standard InChI is InChI=1S/C25H32N2O3S/c1-4-30-22-8-6-20(7-9-22)25(29)27-14-11-21(12-15-27)26-24(28)13-16-31-23-10-5-18(2)19(3)17-23/h5-10,17,21H,4,11-16H2,1-3H3,(H,26,28). The van der Waals surface area contributed by atoms with Crippen LogP contribution in [0.3, 0.4) is 0 Å². The lowest BCUT2D eigenvalue weighted by Gasteiger charge is -2.32. The fourth-order valence-corrected chi connectivity index (χ4v) is 4.58. The van der Waals surface area contributed by atoms with E-state index in [1.54, 1.807) is 11.8 Å². The van der Waals surface area contributed by atoms with Crippen molar-refractivity contribution in [1.29, 1.82) is 0 Å². The second kappa shape index (κ2) is 11.2. The molecule has 1 fully saturated rings. The summed E-state index contributed by atoms with van der Waals surface area (Å²) in [5, 5.41) is 3.14. The molecule has 6 heteroatoms. The van der Waals surface area contributed by atoms with Crippen LogP contribution < -0.4 is 10.1 Å². The predicted octanol–water partition coefficient (Wildman–Crippen LogP) is 4.61. The van der Waals surface area contributed by atoms with Gasteiger partial charge in [-0.25, -0.2) is 0 Å². The number of aryl methyl sites for hydroxylation is 2. The van der Waals surface area contributed by atoms with Gasteiger partial charge in [-0.3, -0.25) is 9.59 Å². The highest BCUT2D eigenvalue weighted by atomic mass is 32.2. The molecule has 0 atom stereocenters. The number of nitrogens with one attached hydrogen (secondary N) is 1. The van der Waals surface area contributed by atoms with Gasteiger partial charge in [0.05, 0.1) is 6.61 Å². The molecule has 1 saturated heterocycles. The highest BCUT2D eigenvalue weighted by molar-refractivity contribution is 7.99. The lowest BCUT2D eigenvalue weighted by molar-refractivity contribution is -0.121. The number of hydrogen-bond donors (Lipinski definition) is 1. The molecule has 5 nitrogen and oxygen atoms in total. The highest BCUT2D eigenvalue weighted by Crippen LogP contribution is 2.22. The van der Waals surface area contributed by atoms with Gasteiger partial charge in [-0.1, -0.05) is 6.07 Å². The maximum atomic E-state index is 12.7. The summed E-state index contributed by atoms with van der Waals surface area (Å²) in [6.07, 6.45) is 2.08. The minimum absolute atomic E-state index is 0.0395. The number of benzene rings is 2. The molecule has 1 aliphatic heterocycles. The molecule has 0 unspecified atom stereocenters. The van der Waals surface area contributed by atoms with Crippen LogP contribution in [-0.4, -0.2) is 48.2 Å². The Kier molecular flexibility index (Phi) is 8.41. The molecule has 166 valence electrons. The number of carbonyl (C=O) groups excluding carboxylic acids is 2. The van der Waals surface area contributed by atoms with Crippen LogP contribution >= 0.6 is 11.8 Å². The second-order valence-electron chi connectivity index (χ2n) is 7.94. The number of amides is 2. The smallest absolute Gasteiger partial charge is 0.253 e. The van der Waals surface area contributed by atoms with Crippen molar-refractivity contribution in [3.05, 3.63) is 59.2 Å². The first kappa shape index (κ1) is 23.2. The van der Waals surface area contributed by atoms with E-state index < -0.39 is 0 Å². The number of thioether (sulfide) groups is 1. The largest absolute Gasteiger partial charge is 0.494 e. The fourth-order valence-electron chi connectivity index (χ4n) is 3.64. The molecule has 0 saturated carbocycles. The first-order chi connectivity index (χ1) is 15.0. The average molecular weight is 441 g/mol. The van der Waals surface area contributed by atoms with Gasteiger partial charge >= 0.3 is 0 Å². The van der Waals surface area contributed by atoms with Gasteiger partial charge in [0.1, 0.15) is 5.75 Å². The summed E-state index contributed by atoms with van der Waals surface area (Å²) >= 11 is 1.72. The number of nitrogens with zero attached hydrogens (tertiary/aromatic N) is 1. The number of hydrogen-bond acceptors (Lipinski definition) is 4. The number of carbonyl (C=O) groups is 2. The van der Waals surface area contributed by atoms with Gasteiger partial charge < -0.3 is 15.0 Å². The fraction of sp³-hybridized carbons (Fsp3) is 0.440.